The van der Waals surface area contributed by atoms with Gasteiger partial charge in [-0.25, -0.2) is 0 Å². The first-order valence-corrected chi connectivity index (χ1v) is 10.7. The fourth-order valence-electron chi connectivity index (χ4n) is 3.65. The number of ketones is 1. The Morgan fingerprint density at radius 3 is 2.61 bits per heavy atom. The van der Waals surface area contributed by atoms with Crippen molar-refractivity contribution < 1.29 is 44.0 Å². The zero-order valence-corrected chi connectivity index (χ0v) is 18.5. The third kappa shape index (κ3) is 5.03. The van der Waals surface area contributed by atoms with Crippen LogP contribution < -0.4 is 10.2 Å². The SMILES string of the molecule is O=C(/C=C/c1coc2cc(O[C@@H]3O[C@H](CO)[C@@H](O)[C@H](O)[C@H]3O)ccc2c1=O)c1cccc([N+](=O)[O-])c1. The molecule has 188 valence electrons. The maximum absolute atomic E-state index is 12.8. The first-order valence-electron chi connectivity index (χ1n) is 10.7. The number of aliphatic hydroxyl groups excluding tert-OH is 4. The molecule has 2 heterocycles. The van der Waals surface area contributed by atoms with Gasteiger partial charge in [-0.05, 0) is 24.3 Å². The van der Waals surface area contributed by atoms with Gasteiger partial charge in [-0.15, -0.1) is 0 Å². The molecule has 4 N–H and O–H groups in total. The molecule has 0 bridgehead atoms. The van der Waals surface area contributed by atoms with Crippen LogP contribution >= 0.6 is 0 Å². The van der Waals surface area contributed by atoms with Crippen LogP contribution in [0.2, 0.25) is 0 Å². The number of nitro benzene ring substituents is 1. The molecule has 12 nitrogen and oxygen atoms in total. The van der Waals surface area contributed by atoms with E-state index in [0.717, 1.165) is 18.4 Å². The van der Waals surface area contributed by atoms with Gasteiger partial charge < -0.3 is 34.3 Å². The summed E-state index contributed by atoms with van der Waals surface area (Å²) >= 11 is 0. The zero-order chi connectivity index (χ0) is 26.0. The summed E-state index contributed by atoms with van der Waals surface area (Å²) in [6.45, 7) is -0.614. The zero-order valence-electron chi connectivity index (χ0n) is 18.5. The lowest BCUT2D eigenvalue weighted by molar-refractivity contribution is -0.384. The lowest BCUT2D eigenvalue weighted by atomic mass is 9.99. The summed E-state index contributed by atoms with van der Waals surface area (Å²) in [7, 11) is 0. The Morgan fingerprint density at radius 1 is 1.11 bits per heavy atom. The molecule has 12 heteroatoms. The Kier molecular flexibility index (Phi) is 7.24. The van der Waals surface area contributed by atoms with Gasteiger partial charge in [-0.3, -0.25) is 19.7 Å². The molecule has 5 atom stereocenters. The van der Waals surface area contributed by atoms with Gasteiger partial charge in [0.05, 0.1) is 22.5 Å². The number of ether oxygens (including phenoxy) is 2. The fraction of sp³-hybridized carbons (Fsp3) is 0.250. The van der Waals surface area contributed by atoms with E-state index in [-0.39, 0.29) is 33.5 Å². The van der Waals surface area contributed by atoms with Crippen LogP contribution in [0.4, 0.5) is 5.69 Å². The molecule has 0 saturated carbocycles. The first-order chi connectivity index (χ1) is 17.2. The van der Waals surface area contributed by atoms with Crippen molar-refractivity contribution >= 4 is 28.5 Å². The molecule has 0 unspecified atom stereocenters. The van der Waals surface area contributed by atoms with Crippen molar-refractivity contribution in [3.63, 3.8) is 0 Å². The summed E-state index contributed by atoms with van der Waals surface area (Å²) in [5.41, 5.74) is -0.436. The molecule has 4 rings (SSSR count). The fourth-order valence-corrected chi connectivity index (χ4v) is 3.65. The van der Waals surface area contributed by atoms with Crippen molar-refractivity contribution in [3.8, 4) is 5.75 Å². The number of aliphatic hydroxyl groups is 4. The number of rotatable bonds is 7. The molecule has 1 saturated heterocycles. The van der Waals surface area contributed by atoms with E-state index in [4.69, 9.17) is 13.9 Å². The number of hydrogen-bond acceptors (Lipinski definition) is 11. The highest BCUT2D eigenvalue weighted by Gasteiger charge is 2.44. The van der Waals surface area contributed by atoms with Crippen molar-refractivity contribution in [1.82, 2.24) is 0 Å². The van der Waals surface area contributed by atoms with E-state index in [1.165, 1.54) is 42.5 Å². The van der Waals surface area contributed by atoms with Crippen LogP contribution in [0.1, 0.15) is 15.9 Å². The van der Waals surface area contributed by atoms with Crippen molar-refractivity contribution in [2.75, 3.05) is 6.61 Å². The third-order valence-electron chi connectivity index (χ3n) is 5.63. The molecule has 1 fully saturated rings. The van der Waals surface area contributed by atoms with Gasteiger partial charge in [0.1, 0.15) is 42.0 Å². The molecule has 0 amide bonds. The number of nitrogens with zero attached hydrogens (tertiary/aromatic N) is 1. The predicted octanol–water partition coefficient (Wildman–Crippen LogP) is 0.776. The minimum atomic E-state index is -1.61. The minimum absolute atomic E-state index is 0.0592. The highest BCUT2D eigenvalue weighted by atomic mass is 16.7. The van der Waals surface area contributed by atoms with Gasteiger partial charge in [-0.1, -0.05) is 12.1 Å². The highest BCUT2D eigenvalue weighted by molar-refractivity contribution is 6.07. The average Bonchev–Trinajstić information content (AvgIpc) is 2.88. The molecule has 1 aliphatic heterocycles. The molecular weight excluding hydrogens is 478 g/mol. The number of fused-ring (bicyclic) bond motifs is 1. The number of nitro groups is 1. The van der Waals surface area contributed by atoms with E-state index in [0.29, 0.717) is 0 Å². The minimum Gasteiger partial charge on any atom is -0.463 e. The Labute approximate surface area is 202 Å². The lowest BCUT2D eigenvalue weighted by Gasteiger charge is -2.39. The molecule has 36 heavy (non-hydrogen) atoms. The Hall–Kier alpha value is -3.94. The number of allylic oxidation sites excluding steroid dienone is 1. The second-order valence-electron chi connectivity index (χ2n) is 8.00. The first kappa shape index (κ1) is 25.2. The molecule has 2 aromatic carbocycles. The van der Waals surface area contributed by atoms with Crippen molar-refractivity contribution in [2.45, 2.75) is 30.7 Å². The second-order valence-corrected chi connectivity index (χ2v) is 8.00. The van der Waals surface area contributed by atoms with E-state index in [2.05, 4.69) is 0 Å². The third-order valence-corrected chi connectivity index (χ3v) is 5.63. The quantitative estimate of drug-likeness (QED) is 0.155. The van der Waals surface area contributed by atoms with Crippen LogP contribution in [0.5, 0.6) is 5.75 Å². The van der Waals surface area contributed by atoms with Crippen molar-refractivity contribution in [2.24, 2.45) is 0 Å². The van der Waals surface area contributed by atoms with E-state index < -0.39 is 53.4 Å². The number of non-ortho nitro benzene ring substituents is 1. The molecule has 0 spiro atoms. The van der Waals surface area contributed by atoms with E-state index in [9.17, 15) is 40.1 Å². The van der Waals surface area contributed by atoms with E-state index in [1.54, 1.807) is 0 Å². The van der Waals surface area contributed by atoms with Crippen LogP contribution in [0, 0.1) is 10.1 Å². The summed E-state index contributed by atoms with van der Waals surface area (Å²) in [6.07, 6.45) is -3.84. The molecule has 3 aromatic rings. The predicted molar refractivity (Wildman–Crippen MR) is 123 cm³/mol. The monoisotopic (exact) mass is 499 g/mol. The molecule has 1 aliphatic rings. The Bertz CT molecular complexity index is 1380. The van der Waals surface area contributed by atoms with E-state index in [1.807, 2.05) is 0 Å². The summed E-state index contributed by atoms with van der Waals surface area (Å²) in [6, 6.07) is 9.32. The van der Waals surface area contributed by atoms with Gasteiger partial charge in [0.2, 0.25) is 6.29 Å². The largest absolute Gasteiger partial charge is 0.463 e. The smallest absolute Gasteiger partial charge is 0.270 e. The van der Waals surface area contributed by atoms with Crippen molar-refractivity contribution in [3.05, 3.63) is 86.3 Å². The lowest BCUT2D eigenvalue weighted by Crippen LogP contribution is -2.60. The van der Waals surface area contributed by atoms with Crippen LogP contribution in [-0.2, 0) is 4.74 Å². The highest BCUT2D eigenvalue weighted by Crippen LogP contribution is 2.26. The van der Waals surface area contributed by atoms with Crippen LogP contribution in [0.15, 0.2) is 64.0 Å². The van der Waals surface area contributed by atoms with Gasteiger partial charge in [0, 0.05) is 23.8 Å². The summed E-state index contributed by atoms with van der Waals surface area (Å²) in [4.78, 5) is 35.5. The second kappa shape index (κ2) is 10.4. The summed E-state index contributed by atoms with van der Waals surface area (Å²) in [5, 5.41) is 50.2. The maximum atomic E-state index is 12.8. The summed E-state index contributed by atoms with van der Waals surface area (Å²) < 4.78 is 16.3. The number of benzene rings is 2. The van der Waals surface area contributed by atoms with Crippen LogP contribution in [0.25, 0.3) is 17.0 Å². The normalized spacial score (nSPS) is 24.2. The topological polar surface area (TPSA) is 190 Å². The van der Waals surface area contributed by atoms with Gasteiger partial charge in [0.25, 0.3) is 5.69 Å². The Balaban J connectivity index is 1.53. The van der Waals surface area contributed by atoms with Crippen LogP contribution in [-0.4, -0.2) is 68.4 Å². The molecule has 1 aromatic heterocycles. The molecule has 0 radical (unpaired) electrons. The van der Waals surface area contributed by atoms with Crippen molar-refractivity contribution in [1.29, 1.82) is 0 Å². The van der Waals surface area contributed by atoms with Gasteiger partial charge >= 0.3 is 0 Å². The number of carbonyl (C=O) groups is 1. The van der Waals surface area contributed by atoms with E-state index >= 15 is 0 Å². The molecule has 0 aliphatic carbocycles. The Morgan fingerprint density at radius 2 is 1.89 bits per heavy atom. The average molecular weight is 499 g/mol. The number of carbonyl (C=O) groups excluding carboxylic acids is 1. The maximum Gasteiger partial charge on any atom is 0.270 e. The number of hydrogen-bond donors (Lipinski definition) is 4. The molecular formula is C24H21NO11. The summed E-state index contributed by atoms with van der Waals surface area (Å²) in [5.74, 6) is -0.430. The van der Waals surface area contributed by atoms with Gasteiger partial charge in [-0.2, -0.15) is 0 Å². The van der Waals surface area contributed by atoms with Crippen LogP contribution in [0.3, 0.4) is 0 Å². The standard InChI is InChI=1S/C24H21NO11/c26-10-19-21(29)22(30)23(31)24(36-19)35-15-5-6-16-18(9-15)34-11-13(20(16)28)4-7-17(27)12-2-1-3-14(8-12)25(32)33/h1-9,11,19,21-24,26,29-31H,10H2/b7-4+/t19-,21-,22+,23-,24-/m1/s1. The van der Waals surface area contributed by atoms with Gasteiger partial charge in [0.15, 0.2) is 11.2 Å².